The van der Waals surface area contributed by atoms with Crippen molar-refractivity contribution < 1.29 is 38.7 Å². The van der Waals surface area contributed by atoms with Gasteiger partial charge in [0.1, 0.15) is 30.2 Å². The Morgan fingerprint density at radius 3 is 2.26 bits per heavy atom. The molecule has 0 saturated carbocycles. The lowest BCUT2D eigenvalue weighted by atomic mass is 9.85. The number of primary amides is 1. The summed E-state index contributed by atoms with van der Waals surface area (Å²) in [6.45, 7) is 5.91. The third kappa shape index (κ3) is 10.1. The number of likely N-dealkylation sites (N-methyl/N-ethyl adjacent to an activating group) is 1. The van der Waals surface area contributed by atoms with E-state index in [9.17, 15) is 38.7 Å². The van der Waals surface area contributed by atoms with Crippen molar-refractivity contribution >= 4 is 64.4 Å². The molecule has 53 heavy (non-hydrogen) atoms. The Morgan fingerprint density at radius 1 is 1.00 bits per heavy atom. The number of nitrogens with two attached hydrogens (primary N) is 2. The third-order valence-electron chi connectivity index (χ3n) is 9.03. The summed E-state index contributed by atoms with van der Waals surface area (Å²) in [5, 5.41) is 21.1. The first kappa shape index (κ1) is 41.2. The summed E-state index contributed by atoms with van der Waals surface area (Å²) in [4.78, 5) is 101. The minimum atomic E-state index is -1.36. The number of aromatic nitrogens is 1. The molecule has 0 aliphatic carbocycles. The van der Waals surface area contributed by atoms with E-state index < -0.39 is 89.6 Å². The lowest BCUT2D eigenvalue weighted by molar-refractivity contribution is -0.144. The Kier molecular flexibility index (Phi) is 13.6. The van der Waals surface area contributed by atoms with Crippen LogP contribution in [0.3, 0.4) is 0 Å². The molecular weight excluding hydrogens is 727 g/mol. The molecule has 4 rings (SSSR count). The zero-order valence-corrected chi connectivity index (χ0v) is 31.8. The number of nitrogens with one attached hydrogen (secondary N) is 4. The third-order valence-corrected chi connectivity index (χ3v) is 11.0. The van der Waals surface area contributed by atoms with E-state index in [2.05, 4.69) is 26.3 Å². The number of hydrogen-bond acceptors (Lipinski definition) is 12. The van der Waals surface area contributed by atoms with Crippen LogP contribution < -0.4 is 32.7 Å². The molecule has 1 aromatic heterocycles. The summed E-state index contributed by atoms with van der Waals surface area (Å²) in [5.74, 6) is -5.38. The Bertz CT molecular complexity index is 1710. The molecule has 6 atom stereocenters. The number of carbonyl (C=O) groups is 7. The molecular formula is C34H47N9O8S2. The van der Waals surface area contributed by atoms with Gasteiger partial charge in [-0.3, -0.25) is 33.6 Å². The van der Waals surface area contributed by atoms with Crippen molar-refractivity contribution in [1.82, 2.24) is 36.1 Å². The molecule has 288 valence electrons. The zero-order valence-electron chi connectivity index (χ0n) is 30.2. The van der Waals surface area contributed by atoms with Gasteiger partial charge in [0, 0.05) is 32.3 Å². The van der Waals surface area contributed by atoms with Gasteiger partial charge >= 0.3 is 0 Å². The number of benzene rings is 1. The minimum Gasteiger partial charge on any atom is -0.391 e. The highest BCUT2D eigenvalue weighted by Crippen LogP contribution is 2.30. The maximum atomic E-state index is 14.1. The molecule has 0 spiro atoms. The van der Waals surface area contributed by atoms with E-state index in [4.69, 9.17) is 11.5 Å². The van der Waals surface area contributed by atoms with Gasteiger partial charge in [-0.1, -0.05) is 45.0 Å². The van der Waals surface area contributed by atoms with Crippen LogP contribution in [0, 0.1) is 12.3 Å². The highest BCUT2D eigenvalue weighted by Gasteiger charge is 2.45. The molecule has 2 aliphatic heterocycles. The van der Waals surface area contributed by atoms with Crippen LogP contribution in [0.5, 0.6) is 0 Å². The molecule has 0 radical (unpaired) electrons. The number of rotatable bonds is 4. The number of aliphatic hydroxyl groups is 1. The van der Waals surface area contributed by atoms with Gasteiger partial charge in [-0.2, -0.15) is 0 Å². The number of nitrogens with zero attached hydrogens (tertiary/aromatic N) is 3. The molecule has 9 N–H and O–H groups in total. The van der Waals surface area contributed by atoms with Crippen LogP contribution in [0.15, 0.2) is 29.8 Å². The summed E-state index contributed by atoms with van der Waals surface area (Å²) < 4.78 is 0. The summed E-state index contributed by atoms with van der Waals surface area (Å²) in [5.41, 5.74) is 14.3. The molecule has 2 aromatic rings. The Hall–Kier alpha value is -4.59. The fourth-order valence-corrected chi connectivity index (χ4v) is 7.86. The number of hydrogen-bond donors (Lipinski definition) is 7. The van der Waals surface area contributed by atoms with Gasteiger partial charge in [-0.25, -0.2) is 4.98 Å². The number of fused-ring (bicyclic) bond motifs is 1. The normalized spacial score (nSPS) is 26.2. The Morgan fingerprint density at radius 2 is 1.68 bits per heavy atom. The lowest BCUT2D eigenvalue weighted by Gasteiger charge is -2.35. The molecule has 2 aliphatic rings. The number of amides is 7. The number of aliphatic hydroxyl groups excluding tert-OH is 1. The molecule has 1 aromatic carbocycles. The van der Waals surface area contributed by atoms with Crippen LogP contribution in [0.2, 0.25) is 0 Å². The van der Waals surface area contributed by atoms with Crippen molar-refractivity contribution in [2.45, 2.75) is 70.4 Å². The predicted molar refractivity (Wildman–Crippen MR) is 198 cm³/mol. The average Bonchev–Trinajstić information content (AvgIpc) is 3.72. The second kappa shape index (κ2) is 17.5. The van der Waals surface area contributed by atoms with Crippen LogP contribution in [-0.2, 0) is 33.6 Å². The monoisotopic (exact) mass is 773 g/mol. The van der Waals surface area contributed by atoms with E-state index in [0.29, 0.717) is 5.56 Å². The molecule has 17 nitrogen and oxygen atoms in total. The second-order valence-corrected chi connectivity index (χ2v) is 15.9. The second-order valence-electron chi connectivity index (χ2n) is 14.0. The molecule has 0 bridgehead atoms. The molecule has 19 heteroatoms. The average molecular weight is 774 g/mol. The Balaban J connectivity index is 1.71. The van der Waals surface area contributed by atoms with Crippen LogP contribution in [0.4, 0.5) is 0 Å². The number of carbonyl (C=O) groups excluding carboxylic acids is 7. The van der Waals surface area contributed by atoms with Gasteiger partial charge in [0.15, 0.2) is 0 Å². The first-order chi connectivity index (χ1) is 24.9. The number of thioether (sulfide) groups is 1. The highest BCUT2D eigenvalue weighted by molar-refractivity contribution is 8.00. The fraction of sp³-hybridized carbons (Fsp3) is 0.529. The summed E-state index contributed by atoms with van der Waals surface area (Å²) in [6.07, 6.45) is -1.19. The van der Waals surface area contributed by atoms with E-state index in [1.165, 1.54) is 23.3 Å². The molecule has 7 amide bonds. The van der Waals surface area contributed by atoms with Crippen molar-refractivity contribution in [3.8, 4) is 10.4 Å². The van der Waals surface area contributed by atoms with Gasteiger partial charge < -0.3 is 47.6 Å². The van der Waals surface area contributed by atoms with Crippen molar-refractivity contribution in [1.29, 1.82) is 0 Å². The van der Waals surface area contributed by atoms with Gasteiger partial charge in [0.2, 0.25) is 41.4 Å². The smallest absolute Gasteiger partial charge is 0.247 e. The van der Waals surface area contributed by atoms with E-state index >= 15 is 0 Å². The summed E-state index contributed by atoms with van der Waals surface area (Å²) in [6, 6.07) is 0.642. The van der Waals surface area contributed by atoms with Crippen LogP contribution in [0.25, 0.3) is 10.4 Å². The Labute approximate surface area is 315 Å². The van der Waals surface area contributed by atoms with Gasteiger partial charge in [0.05, 0.1) is 34.5 Å². The van der Waals surface area contributed by atoms with Crippen LogP contribution in [-0.4, -0.2) is 130 Å². The van der Waals surface area contributed by atoms with Crippen LogP contribution >= 0.6 is 23.1 Å². The van der Waals surface area contributed by atoms with E-state index in [0.717, 1.165) is 32.8 Å². The molecule has 2 saturated heterocycles. The van der Waals surface area contributed by atoms with Crippen molar-refractivity contribution in [3.63, 3.8) is 0 Å². The molecule has 2 fully saturated rings. The SMILES string of the molecule is Cc1ncsc1-c1ccc([C@H]2NC(=O)[C@@H]3C[C@@H](O)CN3C(=O)[C@H](C(C)(C)C)NC(=O)CSC[C@H](C(N)=O)N(C)C(=O)[C@@H](CN)NC(=O)CNC2=O)cc1. The summed E-state index contributed by atoms with van der Waals surface area (Å²) in [7, 11) is 1.31. The van der Waals surface area contributed by atoms with Crippen molar-refractivity contribution in [3.05, 3.63) is 41.0 Å². The lowest BCUT2D eigenvalue weighted by Crippen LogP contribution is -2.58. The quantitative estimate of drug-likeness (QED) is 0.186. The topological polar surface area (TPSA) is 259 Å². The maximum Gasteiger partial charge on any atom is 0.247 e. The highest BCUT2D eigenvalue weighted by atomic mass is 32.2. The maximum absolute atomic E-state index is 14.1. The summed E-state index contributed by atoms with van der Waals surface area (Å²) >= 11 is 2.43. The molecule has 3 heterocycles. The standard InChI is InChI=1S/C34H47N9O8S2/c1-17-27(53-16-38-17)19-8-6-18(7-9-19)26-31(49)37-12-24(45)39-21(11-35)32(50)42(5)23(29(36)47)14-52-15-25(46)40-28(34(2,3)4)33(51)43-13-20(44)10-22(43)30(48)41-26/h6-9,16,20-23,26,28,44H,10-15,35H2,1-5H3,(H2,36,47)(H,37,49)(H,39,45)(H,40,46)(H,41,48)/t20-,21-,22+,23-,26-,28-/m1/s1. The van der Waals surface area contributed by atoms with Gasteiger partial charge in [-0.05, 0) is 23.5 Å². The first-order valence-corrected chi connectivity index (χ1v) is 19.0. The van der Waals surface area contributed by atoms with Crippen molar-refractivity contribution in [2.75, 3.05) is 38.2 Å². The van der Waals surface area contributed by atoms with Crippen molar-refractivity contribution in [2.24, 2.45) is 16.9 Å². The number of thiazole rings is 1. The fourth-order valence-electron chi connectivity index (χ4n) is 6.05. The van der Waals surface area contributed by atoms with E-state index in [-0.39, 0.29) is 31.0 Å². The van der Waals surface area contributed by atoms with Crippen LogP contribution in [0.1, 0.15) is 44.5 Å². The molecule has 0 unspecified atom stereocenters. The zero-order chi connectivity index (χ0) is 39.2. The first-order valence-electron chi connectivity index (χ1n) is 16.9. The minimum absolute atomic E-state index is 0.0901. The largest absolute Gasteiger partial charge is 0.391 e. The van der Waals surface area contributed by atoms with E-state index in [1.807, 2.05) is 6.92 Å². The van der Waals surface area contributed by atoms with Gasteiger partial charge in [0.25, 0.3) is 0 Å². The predicted octanol–water partition coefficient (Wildman–Crippen LogP) is -1.61. The number of aryl methyl sites for hydroxylation is 1. The van der Waals surface area contributed by atoms with E-state index in [1.54, 1.807) is 50.5 Å². The van der Waals surface area contributed by atoms with Gasteiger partial charge in [-0.15, -0.1) is 23.1 Å².